The molecule has 1 aromatic carbocycles. The lowest BCUT2D eigenvalue weighted by atomic mass is 10.1. The molecule has 0 aliphatic carbocycles. The maximum absolute atomic E-state index is 11.7. The highest BCUT2D eigenvalue weighted by molar-refractivity contribution is 6.03. The number of carbonyl (C=O) groups excluding carboxylic acids is 1. The minimum absolute atomic E-state index is 0.163. The number of fused-ring (bicyclic) bond motifs is 1. The molecule has 0 spiro atoms. The summed E-state index contributed by atoms with van der Waals surface area (Å²) in [5.41, 5.74) is 9.68. The SMILES string of the molecule is COC(=O)c1cccc2c1cnn2CC(C)CN=[N+]=[N-]. The van der Waals surface area contributed by atoms with E-state index in [9.17, 15) is 4.79 Å². The molecule has 0 bridgehead atoms. The number of aromatic nitrogens is 2. The van der Waals surface area contributed by atoms with Gasteiger partial charge in [-0.05, 0) is 23.6 Å². The zero-order valence-electron chi connectivity index (χ0n) is 11.4. The van der Waals surface area contributed by atoms with E-state index in [-0.39, 0.29) is 11.9 Å². The van der Waals surface area contributed by atoms with Gasteiger partial charge in [-0.15, -0.1) is 0 Å². The summed E-state index contributed by atoms with van der Waals surface area (Å²) < 4.78 is 6.56. The molecule has 2 aromatic rings. The summed E-state index contributed by atoms with van der Waals surface area (Å²) in [4.78, 5) is 14.4. The van der Waals surface area contributed by atoms with Gasteiger partial charge in [0.05, 0.1) is 24.4 Å². The van der Waals surface area contributed by atoms with E-state index in [4.69, 9.17) is 10.3 Å². The predicted molar refractivity (Wildman–Crippen MR) is 74.2 cm³/mol. The number of azide groups is 1. The van der Waals surface area contributed by atoms with Crippen LogP contribution < -0.4 is 0 Å². The van der Waals surface area contributed by atoms with E-state index in [2.05, 4.69) is 15.1 Å². The molecule has 0 saturated heterocycles. The third-order valence-electron chi connectivity index (χ3n) is 3.03. The number of hydrogen-bond acceptors (Lipinski definition) is 4. The number of ether oxygens (including phenoxy) is 1. The Balaban J connectivity index is 2.33. The van der Waals surface area contributed by atoms with Crippen molar-refractivity contribution in [2.45, 2.75) is 13.5 Å². The van der Waals surface area contributed by atoms with Crippen molar-refractivity contribution in [3.63, 3.8) is 0 Å². The molecule has 20 heavy (non-hydrogen) atoms. The topological polar surface area (TPSA) is 92.9 Å². The maximum Gasteiger partial charge on any atom is 0.338 e. The lowest BCUT2D eigenvalue weighted by Crippen LogP contribution is -2.11. The molecule has 1 atom stereocenters. The van der Waals surface area contributed by atoms with Crippen LogP contribution in [-0.4, -0.2) is 29.4 Å². The number of hydrogen-bond donors (Lipinski definition) is 0. The standard InChI is InChI=1S/C13H15N5O2/c1-9(6-15-17-14)8-18-12-5-3-4-10(13(19)20-2)11(12)7-16-18/h3-5,7,9H,6,8H2,1-2H3. The van der Waals surface area contributed by atoms with Crippen LogP contribution in [0.5, 0.6) is 0 Å². The normalized spacial score (nSPS) is 11.9. The molecular weight excluding hydrogens is 258 g/mol. The Morgan fingerprint density at radius 3 is 3.10 bits per heavy atom. The number of benzene rings is 1. The molecule has 0 aliphatic rings. The lowest BCUT2D eigenvalue weighted by Gasteiger charge is -2.09. The fourth-order valence-electron chi connectivity index (χ4n) is 2.07. The first-order chi connectivity index (χ1) is 9.67. The van der Waals surface area contributed by atoms with E-state index >= 15 is 0 Å². The van der Waals surface area contributed by atoms with E-state index in [0.29, 0.717) is 18.7 Å². The van der Waals surface area contributed by atoms with E-state index in [0.717, 1.165) is 10.9 Å². The molecule has 0 fully saturated rings. The Morgan fingerprint density at radius 1 is 1.60 bits per heavy atom. The number of esters is 1. The summed E-state index contributed by atoms with van der Waals surface area (Å²) in [5, 5.41) is 8.61. The predicted octanol–water partition coefficient (Wildman–Crippen LogP) is 2.77. The second-order valence-electron chi connectivity index (χ2n) is 4.58. The van der Waals surface area contributed by atoms with Crippen LogP contribution in [0.25, 0.3) is 21.3 Å². The smallest absolute Gasteiger partial charge is 0.338 e. The zero-order valence-corrected chi connectivity index (χ0v) is 11.4. The molecule has 0 amide bonds. The first-order valence-electron chi connectivity index (χ1n) is 6.21. The van der Waals surface area contributed by atoms with Crippen LogP contribution in [0.4, 0.5) is 0 Å². The molecule has 104 valence electrons. The Bertz CT molecular complexity index is 672. The van der Waals surface area contributed by atoms with Crippen molar-refractivity contribution < 1.29 is 9.53 Å². The van der Waals surface area contributed by atoms with Crippen molar-refractivity contribution in [3.05, 3.63) is 40.4 Å². The summed E-state index contributed by atoms with van der Waals surface area (Å²) in [7, 11) is 1.35. The van der Waals surface area contributed by atoms with Crippen molar-refractivity contribution >= 4 is 16.9 Å². The van der Waals surface area contributed by atoms with Gasteiger partial charge in [0.25, 0.3) is 0 Å². The van der Waals surface area contributed by atoms with E-state index in [1.54, 1.807) is 23.0 Å². The molecule has 1 aromatic heterocycles. The first-order valence-corrected chi connectivity index (χ1v) is 6.21. The molecular formula is C13H15N5O2. The molecule has 0 radical (unpaired) electrons. The largest absolute Gasteiger partial charge is 0.465 e. The van der Waals surface area contributed by atoms with Crippen molar-refractivity contribution in [2.24, 2.45) is 11.0 Å². The summed E-state index contributed by atoms with van der Waals surface area (Å²) in [6.07, 6.45) is 1.65. The Morgan fingerprint density at radius 2 is 2.40 bits per heavy atom. The summed E-state index contributed by atoms with van der Waals surface area (Å²) in [5.74, 6) is -0.215. The van der Waals surface area contributed by atoms with E-state index in [1.807, 2.05) is 13.0 Å². The van der Waals surface area contributed by atoms with Gasteiger partial charge in [-0.3, -0.25) is 4.68 Å². The fourth-order valence-corrected chi connectivity index (χ4v) is 2.07. The van der Waals surface area contributed by atoms with Gasteiger partial charge in [0.15, 0.2) is 0 Å². The lowest BCUT2D eigenvalue weighted by molar-refractivity contribution is 0.0603. The molecule has 0 N–H and O–H groups in total. The fraction of sp³-hybridized carbons (Fsp3) is 0.385. The molecule has 7 heteroatoms. The highest BCUT2D eigenvalue weighted by Gasteiger charge is 2.14. The first kappa shape index (κ1) is 13.9. The van der Waals surface area contributed by atoms with Crippen LogP contribution in [-0.2, 0) is 11.3 Å². The quantitative estimate of drug-likeness (QED) is 0.363. The number of methoxy groups -OCH3 is 1. The summed E-state index contributed by atoms with van der Waals surface area (Å²) >= 11 is 0. The third-order valence-corrected chi connectivity index (χ3v) is 3.03. The minimum Gasteiger partial charge on any atom is -0.465 e. The highest BCUT2D eigenvalue weighted by atomic mass is 16.5. The Hall–Kier alpha value is -2.53. The Labute approximate surface area is 115 Å². The van der Waals surface area contributed by atoms with Crippen molar-refractivity contribution in [1.82, 2.24) is 9.78 Å². The van der Waals surface area contributed by atoms with Crippen molar-refractivity contribution in [3.8, 4) is 0 Å². The van der Waals surface area contributed by atoms with Crippen molar-refractivity contribution in [2.75, 3.05) is 13.7 Å². The van der Waals surface area contributed by atoms with Crippen LogP contribution in [0.15, 0.2) is 29.5 Å². The van der Waals surface area contributed by atoms with Gasteiger partial charge in [0, 0.05) is 23.4 Å². The summed E-state index contributed by atoms with van der Waals surface area (Å²) in [6.45, 7) is 3.01. The second-order valence-corrected chi connectivity index (χ2v) is 4.58. The molecule has 1 unspecified atom stereocenters. The number of nitrogens with zero attached hydrogens (tertiary/aromatic N) is 5. The molecule has 1 heterocycles. The highest BCUT2D eigenvalue weighted by Crippen LogP contribution is 2.20. The van der Waals surface area contributed by atoms with Crippen LogP contribution >= 0.6 is 0 Å². The van der Waals surface area contributed by atoms with Crippen LogP contribution in [0.3, 0.4) is 0 Å². The van der Waals surface area contributed by atoms with Gasteiger partial charge >= 0.3 is 5.97 Å². The van der Waals surface area contributed by atoms with E-state index in [1.165, 1.54) is 7.11 Å². The van der Waals surface area contributed by atoms with Gasteiger partial charge in [0.2, 0.25) is 0 Å². The Kier molecular flexibility index (Phi) is 4.22. The van der Waals surface area contributed by atoms with Crippen LogP contribution in [0.2, 0.25) is 0 Å². The van der Waals surface area contributed by atoms with Crippen molar-refractivity contribution in [1.29, 1.82) is 0 Å². The molecule has 0 saturated carbocycles. The number of rotatable bonds is 5. The average molecular weight is 273 g/mol. The minimum atomic E-state index is -0.378. The van der Waals surface area contributed by atoms with Gasteiger partial charge in [-0.2, -0.15) is 5.10 Å². The van der Waals surface area contributed by atoms with Crippen LogP contribution in [0, 0.1) is 5.92 Å². The van der Waals surface area contributed by atoms with Gasteiger partial charge in [-0.1, -0.05) is 18.1 Å². The molecule has 7 nitrogen and oxygen atoms in total. The third kappa shape index (κ3) is 2.73. The maximum atomic E-state index is 11.7. The molecule has 0 aliphatic heterocycles. The monoisotopic (exact) mass is 273 g/mol. The van der Waals surface area contributed by atoms with Gasteiger partial charge in [-0.25, -0.2) is 4.79 Å². The molecule has 2 rings (SSSR count). The zero-order chi connectivity index (χ0) is 14.5. The average Bonchev–Trinajstić information content (AvgIpc) is 2.87. The summed E-state index contributed by atoms with van der Waals surface area (Å²) in [6, 6.07) is 5.41. The van der Waals surface area contributed by atoms with Gasteiger partial charge in [0.1, 0.15) is 0 Å². The second kappa shape index (κ2) is 6.08. The van der Waals surface area contributed by atoms with Gasteiger partial charge < -0.3 is 4.74 Å². The van der Waals surface area contributed by atoms with E-state index < -0.39 is 0 Å². The number of carbonyl (C=O) groups is 1. The van der Waals surface area contributed by atoms with Crippen LogP contribution in [0.1, 0.15) is 17.3 Å².